The second kappa shape index (κ2) is 11.1. The van der Waals surface area contributed by atoms with Gasteiger partial charge in [-0.15, -0.1) is 0 Å². The molecule has 0 radical (unpaired) electrons. The molecule has 39 heavy (non-hydrogen) atoms. The number of halogens is 7. The molecule has 1 aromatic heterocycles. The van der Waals surface area contributed by atoms with Gasteiger partial charge in [0.2, 0.25) is 0 Å². The van der Waals surface area contributed by atoms with Crippen LogP contribution in [0.25, 0.3) is 0 Å². The molecule has 11 heteroatoms. The molecule has 4 nitrogen and oxygen atoms in total. The number of hydrogen-bond donors (Lipinski definition) is 1. The summed E-state index contributed by atoms with van der Waals surface area (Å²) < 4.78 is 99.4. The van der Waals surface area contributed by atoms with Crippen molar-refractivity contribution in [3.63, 3.8) is 0 Å². The van der Waals surface area contributed by atoms with E-state index in [0.29, 0.717) is 11.6 Å². The summed E-state index contributed by atoms with van der Waals surface area (Å²) in [6, 6.07) is 17.5. The van der Waals surface area contributed by atoms with Crippen molar-refractivity contribution in [3.8, 4) is 5.75 Å². The third kappa shape index (κ3) is 6.36. The number of benzene rings is 3. The fraction of sp³-hybridized carbons (Fsp3) is 0.143. The Bertz CT molecular complexity index is 1430. The molecule has 0 fully saturated rings. The molecular weight excluding hydrogens is 529 g/mol. The van der Waals surface area contributed by atoms with Crippen molar-refractivity contribution in [2.45, 2.75) is 24.5 Å². The predicted octanol–water partition coefficient (Wildman–Crippen LogP) is 6.65. The number of aromatic nitrogens is 1. The Balaban J connectivity index is 1.93. The SMILES string of the molecule is O=C(N[C@](Cc1ccccc1)(c1ccc(F)cc1)c1cc(F)cc(OC(F)(F)C(F)F)c1)c1ccc(F)cn1. The van der Waals surface area contributed by atoms with Crippen LogP contribution in [0.2, 0.25) is 0 Å². The monoisotopic (exact) mass is 548 g/mol. The second-order valence-electron chi connectivity index (χ2n) is 8.53. The Morgan fingerprint density at radius 2 is 1.49 bits per heavy atom. The molecule has 202 valence electrons. The van der Waals surface area contributed by atoms with E-state index in [2.05, 4.69) is 15.0 Å². The average Bonchev–Trinajstić information content (AvgIpc) is 2.89. The van der Waals surface area contributed by atoms with Crippen LogP contribution in [0.15, 0.2) is 91.1 Å². The van der Waals surface area contributed by atoms with Crippen molar-refractivity contribution >= 4 is 5.91 Å². The van der Waals surface area contributed by atoms with Crippen LogP contribution in [-0.2, 0) is 12.0 Å². The van der Waals surface area contributed by atoms with Gasteiger partial charge in [-0.1, -0.05) is 42.5 Å². The summed E-state index contributed by atoms with van der Waals surface area (Å²) in [5, 5.41) is 2.70. The fourth-order valence-corrected chi connectivity index (χ4v) is 4.03. The maximum absolute atomic E-state index is 14.8. The summed E-state index contributed by atoms with van der Waals surface area (Å²) in [6.07, 6.45) is -8.49. The molecule has 0 aliphatic rings. The zero-order chi connectivity index (χ0) is 28.2. The van der Waals surface area contributed by atoms with Gasteiger partial charge < -0.3 is 10.1 Å². The zero-order valence-corrected chi connectivity index (χ0v) is 19.9. The lowest BCUT2D eigenvalue weighted by Gasteiger charge is -2.37. The van der Waals surface area contributed by atoms with Gasteiger partial charge in [0, 0.05) is 12.5 Å². The first-order chi connectivity index (χ1) is 18.5. The Labute approximate surface area is 218 Å². The molecule has 1 heterocycles. The van der Waals surface area contributed by atoms with Crippen LogP contribution in [0.4, 0.5) is 30.7 Å². The highest BCUT2D eigenvalue weighted by Crippen LogP contribution is 2.38. The molecule has 0 aliphatic carbocycles. The summed E-state index contributed by atoms with van der Waals surface area (Å²) in [4.78, 5) is 17.1. The summed E-state index contributed by atoms with van der Waals surface area (Å²) >= 11 is 0. The minimum absolute atomic E-state index is 0.138. The number of carbonyl (C=O) groups is 1. The number of pyridine rings is 1. The van der Waals surface area contributed by atoms with Crippen LogP contribution < -0.4 is 10.1 Å². The number of amides is 1. The van der Waals surface area contributed by atoms with Gasteiger partial charge in [0.15, 0.2) is 0 Å². The maximum Gasteiger partial charge on any atom is 0.461 e. The van der Waals surface area contributed by atoms with Gasteiger partial charge in [0.25, 0.3) is 5.91 Å². The van der Waals surface area contributed by atoms with Crippen LogP contribution in [0.3, 0.4) is 0 Å². The van der Waals surface area contributed by atoms with E-state index in [9.17, 15) is 35.5 Å². The van der Waals surface area contributed by atoms with Gasteiger partial charge in [0.1, 0.15) is 28.9 Å². The summed E-state index contributed by atoms with van der Waals surface area (Å²) in [5.74, 6) is -4.31. The minimum Gasteiger partial charge on any atom is -0.428 e. The van der Waals surface area contributed by atoms with Crippen molar-refractivity contribution < 1.29 is 40.3 Å². The molecule has 0 unspecified atom stereocenters. The van der Waals surface area contributed by atoms with Gasteiger partial charge in [-0.05, 0) is 53.1 Å². The van der Waals surface area contributed by atoms with Gasteiger partial charge >= 0.3 is 12.5 Å². The number of alkyl halides is 4. The Kier molecular flexibility index (Phi) is 7.89. The van der Waals surface area contributed by atoms with Crippen LogP contribution in [-0.4, -0.2) is 23.4 Å². The van der Waals surface area contributed by atoms with Crippen molar-refractivity contribution in [1.82, 2.24) is 10.3 Å². The largest absolute Gasteiger partial charge is 0.461 e. The lowest BCUT2D eigenvalue weighted by molar-refractivity contribution is -0.253. The lowest BCUT2D eigenvalue weighted by Crippen LogP contribution is -2.49. The molecular formula is C28H19F7N2O2. The van der Waals surface area contributed by atoms with E-state index in [0.717, 1.165) is 42.6 Å². The van der Waals surface area contributed by atoms with Gasteiger partial charge in [-0.2, -0.15) is 17.6 Å². The third-order valence-corrected chi connectivity index (χ3v) is 5.81. The second-order valence-corrected chi connectivity index (χ2v) is 8.53. The van der Waals surface area contributed by atoms with Crippen LogP contribution >= 0.6 is 0 Å². The molecule has 0 spiro atoms. The highest BCUT2D eigenvalue weighted by Gasteiger charge is 2.45. The number of nitrogens with zero attached hydrogens (tertiary/aromatic N) is 1. The van der Waals surface area contributed by atoms with E-state index in [4.69, 9.17) is 0 Å². The highest BCUT2D eigenvalue weighted by molar-refractivity contribution is 5.93. The quantitative estimate of drug-likeness (QED) is 0.238. The minimum atomic E-state index is -4.94. The van der Waals surface area contributed by atoms with E-state index < -0.39 is 47.2 Å². The number of nitrogens with one attached hydrogen (secondary N) is 1. The first-order valence-electron chi connectivity index (χ1n) is 11.4. The summed E-state index contributed by atoms with van der Waals surface area (Å²) in [7, 11) is 0. The molecule has 0 bridgehead atoms. The molecule has 1 amide bonds. The third-order valence-electron chi connectivity index (χ3n) is 5.81. The smallest absolute Gasteiger partial charge is 0.428 e. The molecule has 0 saturated heterocycles. The first kappa shape index (κ1) is 27.6. The maximum atomic E-state index is 14.8. The van der Waals surface area contributed by atoms with Crippen molar-refractivity contribution in [3.05, 3.63) is 131 Å². The van der Waals surface area contributed by atoms with E-state index in [1.807, 2.05) is 0 Å². The van der Waals surface area contributed by atoms with Gasteiger partial charge in [-0.25, -0.2) is 18.2 Å². The van der Waals surface area contributed by atoms with Gasteiger partial charge in [-0.3, -0.25) is 4.79 Å². The Morgan fingerprint density at radius 3 is 2.10 bits per heavy atom. The first-order valence-corrected chi connectivity index (χ1v) is 11.4. The van der Waals surface area contributed by atoms with Crippen molar-refractivity contribution in [2.75, 3.05) is 0 Å². The topological polar surface area (TPSA) is 51.2 Å². The molecule has 0 saturated carbocycles. The van der Waals surface area contributed by atoms with E-state index in [-0.39, 0.29) is 23.2 Å². The predicted molar refractivity (Wildman–Crippen MR) is 127 cm³/mol. The highest BCUT2D eigenvalue weighted by atomic mass is 19.3. The van der Waals surface area contributed by atoms with Crippen LogP contribution in [0, 0.1) is 17.5 Å². The standard InChI is InChI=1S/C28H19F7N2O2/c29-20-8-6-18(7-9-20)27(15-17-4-2-1-3-5-17,37-25(38)24-11-10-21(30)16-36-24)19-12-22(31)14-23(13-19)39-28(34,35)26(32)33/h1-14,16,26H,15H2,(H,37,38)/t27-/m1/s1. The summed E-state index contributed by atoms with van der Waals surface area (Å²) in [6.45, 7) is 0. The van der Waals surface area contributed by atoms with Crippen molar-refractivity contribution in [1.29, 1.82) is 0 Å². The Morgan fingerprint density at radius 1 is 0.821 bits per heavy atom. The number of carbonyl (C=O) groups excluding carboxylic acids is 1. The molecule has 4 aromatic rings. The molecule has 1 N–H and O–H groups in total. The van der Waals surface area contributed by atoms with E-state index in [1.165, 1.54) is 12.1 Å². The van der Waals surface area contributed by atoms with Crippen LogP contribution in [0.5, 0.6) is 5.75 Å². The molecule has 4 rings (SSSR count). The fourth-order valence-electron chi connectivity index (χ4n) is 4.03. The van der Waals surface area contributed by atoms with Gasteiger partial charge in [0.05, 0.1) is 11.7 Å². The van der Waals surface area contributed by atoms with Crippen molar-refractivity contribution in [2.24, 2.45) is 0 Å². The van der Waals surface area contributed by atoms with E-state index >= 15 is 0 Å². The number of rotatable bonds is 9. The number of hydrogen-bond acceptors (Lipinski definition) is 3. The molecule has 0 aliphatic heterocycles. The van der Waals surface area contributed by atoms with Crippen LogP contribution in [0.1, 0.15) is 27.2 Å². The summed E-state index contributed by atoms with van der Waals surface area (Å²) in [5.41, 5.74) is -1.48. The normalized spacial score (nSPS) is 13.1. The molecule has 3 aromatic carbocycles. The number of ether oxygens (including phenoxy) is 1. The lowest BCUT2D eigenvalue weighted by atomic mass is 9.77. The molecule has 1 atom stereocenters. The average molecular weight is 548 g/mol. The zero-order valence-electron chi connectivity index (χ0n) is 19.9. The Hall–Kier alpha value is -4.41. The van der Waals surface area contributed by atoms with E-state index in [1.54, 1.807) is 30.3 Å².